The van der Waals surface area contributed by atoms with Gasteiger partial charge in [0.2, 0.25) is 0 Å². The zero-order valence-electron chi connectivity index (χ0n) is 10.8. The van der Waals surface area contributed by atoms with Gasteiger partial charge in [-0.05, 0) is 18.6 Å². The molecule has 0 radical (unpaired) electrons. The highest BCUT2D eigenvalue weighted by Crippen LogP contribution is 2.20. The molecule has 2 rings (SSSR count). The van der Waals surface area contributed by atoms with Gasteiger partial charge in [-0.1, -0.05) is 12.1 Å². The van der Waals surface area contributed by atoms with E-state index in [2.05, 4.69) is 15.3 Å². The Kier molecular flexibility index (Phi) is 3.94. The maximum Gasteiger partial charge on any atom is 0.158 e. The zero-order valence-corrected chi connectivity index (χ0v) is 10.8. The molecule has 5 nitrogen and oxygen atoms in total. The van der Waals surface area contributed by atoms with Crippen molar-refractivity contribution in [1.82, 2.24) is 9.97 Å². The van der Waals surface area contributed by atoms with Gasteiger partial charge >= 0.3 is 0 Å². The maximum atomic E-state index is 8.64. The molecule has 0 unspecified atom stereocenters. The summed E-state index contributed by atoms with van der Waals surface area (Å²) in [5, 5.41) is 11.8. The molecular formula is C14H14N4O. The van der Waals surface area contributed by atoms with E-state index >= 15 is 0 Å². The number of nitriles is 1. The summed E-state index contributed by atoms with van der Waals surface area (Å²) in [7, 11) is 1.65. The topological polar surface area (TPSA) is 70.8 Å². The van der Waals surface area contributed by atoms with Crippen molar-refractivity contribution < 1.29 is 4.74 Å². The highest BCUT2D eigenvalue weighted by molar-refractivity contribution is 5.41. The lowest BCUT2D eigenvalue weighted by molar-refractivity contribution is 0.410. The third-order valence-corrected chi connectivity index (χ3v) is 2.67. The second-order valence-corrected chi connectivity index (χ2v) is 4.07. The average molecular weight is 254 g/mol. The Morgan fingerprint density at radius 2 is 2.16 bits per heavy atom. The van der Waals surface area contributed by atoms with Crippen LogP contribution in [-0.4, -0.2) is 17.1 Å². The fraction of sp³-hybridized carbons (Fsp3) is 0.214. The third-order valence-electron chi connectivity index (χ3n) is 2.67. The molecule has 1 heterocycles. The molecule has 0 atom stereocenters. The highest BCUT2D eigenvalue weighted by Gasteiger charge is 2.03. The number of methoxy groups -OCH3 is 1. The molecule has 0 aliphatic carbocycles. The number of hydrogen-bond donors (Lipinski definition) is 1. The number of nitrogens with zero attached hydrogens (tertiary/aromatic N) is 3. The van der Waals surface area contributed by atoms with E-state index in [0.717, 1.165) is 16.9 Å². The van der Waals surface area contributed by atoms with E-state index in [1.807, 2.05) is 31.2 Å². The minimum Gasteiger partial charge on any atom is -0.496 e. The zero-order chi connectivity index (χ0) is 13.7. The Hall–Kier alpha value is -2.61. The fourth-order valence-corrected chi connectivity index (χ4v) is 1.66. The first kappa shape index (κ1) is 12.8. The lowest BCUT2D eigenvalue weighted by Gasteiger charge is -2.10. The van der Waals surface area contributed by atoms with Gasteiger partial charge in [-0.2, -0.15) is 5.26 Å². The molecule has 0 amide bonds. The minimum absolute atomic E-state index is 0.304. The molecule has 2 aromatic rings. The number of hydrogen-bond acceptors (Lipinski definition) is 5. The van der Waals surface area contributed by atoms with E-state index in [1.54, 1.807) is 13.3 Å². The second-order valence-electron chi connectivity index (χ2n) is 4.07. The van der Waals surface area contributed by atoms with Crippen LogP contribution < -0.4 is 10.1 Å². The van der Waals surface area contributed by atoms with Gasteiger partial charge in [-0.25, -0.2) is 9.97 Å². The smallest absolute Gasteiger partial charge is 0.158 e. The van der Waals surface area contributed by atoms with Crippen molar-refractivity contribution in [3.05, 3.63) is 47.4 Å². The van der Waals surface area contributed by atoms with Crippen LogP contribution in [0.5, 0.6) is 5.75 Å². The molecule has 0 aliphatic heterocycles. The molecule has 1 aromatic carbocycles. The van der Waals surface area contributed by atoms with Crippen LogP contribution >= 0.6 is 0 Å². The van der Waals surface area contributed by atoms with Crippen molar-refractivity contribution in [2.24, 2.45) is 0 Å². The summed E-state index contributed by atoms with van der Waals surface area (Å²) >= 11 is 0. The maximum absolute atomic E-state index is 8.64. The molecule has 0 spiro atoms. The van der Waals surface area contributed by atoms with E-state index in [4.69, 9.17) is 10.00 Å². The van der Waals surface area contributed by atoms with Crippen molar-refractivity contribution in [2.75, 3.05) is 12.4 Å². The molecule has 96 valence electrons. The molecule has 0 fully saturated rings. The van der Waals surface area contributed by atoms with E-state index in [9.17, 15) is 0 Å². The average Bonchev–Trinajstić information content (AvgIpc) is 2.46. The molecule has 0 bridgehead atoms. The Morgan fingerprint density at radius 1 is 1.32 bits per heavy atom. The van der Waals surface area contributed by atoms with Crippen molar-refractivity contribution in [2.45, 2.75) is 13.5 Å². The third kappa shape index (κ3) is 3.19. The van der Waals surface area contributed by atoms with Crippen LogP contribution in [0.15, 0.2) is 30.6 Å². The molecular weight excluding hydrogens is 240 g/mol. The Bertz CT molecular complexity index is 602. The predicted octanol–water partition coefficient (Wildman–Crippen LogP) is 2.28. The van der Waals surface area contributed by atoms with Crippen LogP contribution in [0, 0.1) is 18.3 Å². The fourth-order valence-electron chi connectivity index (χ4n) is 1.66. The van der Waals surface area contributed by atoms with Gasteiger partial charge in [-0.15, -0.1) is 0 Å². The molecule has 5 heteroatoms. The van der Waals surface area contributed by atoms with Crippen molar-refractivity contribution >= 4 is 5.82 Å². The minimum atomic E-state index is 0.304. The molecule has 1 N–H and O–H groups in total. The largest absolute Gasteiger partial charge is 0.496 e. The Labute approximate surface area is 111 Å². The van der Waals surface area contributed by atoms with Crippen LogP contribution in [0.4, 0.5) is 5.82 Å². The summed E-state index contributed by atoms with van der Waals surface area (Å²) in [5.41, 5.74) is 2.50. The van der Waals surface area contributed by atoms with Crippen molar-refractivity contribution in [3.8, 4) is 11.8 Å². The summed E-state index contributed by atoms with van der Waals surface area (Å²) in [6.45, 7) is 2.61. The summed E-state index contributed by atoms with van der Waals surface area (Å²) < 4.78 is 5.33. The van der Waals surface area contributed by atoms with Crippen molar-refractivity contribution in [1.29, 1.82) is 5.26 Å². The molecule has 0 aliphatic rings. The number of aryl methyl sites for hydroxylation is 1. The molecule has 0 saturated heterocycles. The number of nitrogens with one attached hydrogen (secondary N) is 1. The normalized spacial score (nSPS) is 9.74. The summed E-state index contributed by atoms with van der Waals surface area (Å²) in [6.07, 6.45) is 2.98. The molecule has 0 saturated carbocycles. The van der Waals surface area contributed by atoms with E-state index in [1.165, 1.54) is 6.20 Å². The quantitative estimate of drug-likeness (QED) is 0.906. The monoisotopic (exact) mass is 254 g/mol. The summed E-state index contributed by atoms with van der Waals surface area (Å²) in [5.74, 6) is 1.47. The first-order chi connectivity index (χ1) is 9.22. The summed E-state index contributed by atoms with van der Waals surface area (Å²) in [6, 6.07) is 7.96. The Morgan fingerprint density at radius 3 is 2.79 bits per heavy atom. The number of benzene rings is 1. The van der Waals surface area contributed by atoms with Crippen LogP contribution in [0.3, 0.4) is 0 Å². The number of anilines is 1. The van der Waals surface area contributed by atoms with Gasteiger partial charge in [0, 0.05) is 12.1 Å². The summed E-state index contributed by atoms with van der Waals surface area (Å²) in [4.78, 5) is 8.05. The number of rotatable bonds is 4. The van der Waals surface area contributed by atoms with Crippen LogP contribution in [0.1, 0.15) is 16.8 Å². The van der Waals surface area contributed by atoms with Gasteiger partial charge in [-0.3, -0.25) is 0 Å². The van der Waals surface area contributed by atoms with Gasteiger partial charge in [0.1, 0.15) is 17.6 Å². The van der Waals surface area contributed by atoms with Crippen LogP contribution in [0.25, 0.3) is 0 Å². The van der Waals surface area contributed by atoms with Gasteiger partial charge in [0.15, 0.2) is 5.69 Å². The molecule has 1 aromatic heterocycles. The molecule has 19 heavy (non-hydrogen) atoms. The van der Waals surface area contributed by atoms with E-state index in [-0.39, 0.29) is 0 Å². The van der Waals surface area contributed by atoms with E-state index in [0.29, 0.717) is 18.1 Å². The number of ether oxygens (including phenoxy) is 1. The first-order valence-electron chi connectivity index (χ1n) is 5.82. The van der Waals surface area contributed by atoms with E-state index < -0.39 is 0 Å². The van der Waals surface area contributed by atoms with Gasteiger partial charge in [0.25, 0.3) is 0 Å². The Balaban J connectivity index is 2.07. The van der Waals surface area contributed by atoms with Gasteiger partial charge in [0.05, 0.1) is 19.5 Å². The predicted molar refractivity (Wildman–Crippen MR) is 71.8 cm³/mol. The lowest BCUT2D eigenvalue weighted by Crippen LogP contribution is -2.04. The first-order valence-corrected chi connectivity index (χ1v) is 5.82. The van der Waals surface area contributed by atoms with Crippen LogP contribution in [-0.2, 0) is 6.54 Å². The lowest BCUT2D eigenvalue weighted by atomic mass is 10.1. The van der Waals surface area contributed by atoms with Crippen LogP contribution in [0.2, 0.25) is 0 Å². The standard InChI is InChI=1S/C14H14N4O/c1-10-3-4-11(13(5-10)19-2)7-17-14-9-16-12(6-15)8-18-14/h3-5,8-9H,7H2,1-2H3,(H,17,18). The highest BCUT2D eigenvalue weighted by atomic mass is 16.5. The van der Waals surface area contributed by atoms with Crippen molar-refractivity contribution in [3.63, 3.8) is 0 Å². The number of aromatic nitrogens is 2. The SMILES string of the molecule is COc1cc(C)ccc1CNc1cnc(C#N)cn1. The second kappa shape index (κ2) is 5.83. The van der Waals surface area contributed by atoms with Gasteiger partial charge < -0.3 is 10.1 Å².